The third-order valence-corrected chi connectivity index (χ3v) is 1.42. The Hall–Kier alpha value is -0.860. The number of hydrogen-bond donors (Lipinski definition) is 1. The molecule has 1 heterocycles. The summed E-state index contributed by atoms with van der Waals surface area (Å²) in [6, 6.07) is 0. The van der Waals surface area contributed by atoms with E-state index in [1.54, 1.807) is 0 Å². The Morgan fingerprint density at radius 2 is 2.10 bits per heavy atom. The van der Waals surface area contributed by atoms with Crippen molar-refractivity contribution in [3.05, 3.63) is 11.4 Å². The minimum atomic E-state index is 0.656. The molecular formula is C7H13N3. The standard InChI is InChI=1S/C7H13N3/c1-5(2)4-7-6(3)8-10-9-7/h5H,4H2,1-3H3,(H,8,9,10). The molecule has 1 N–H and O–H groups in total. The number of aromatic nitrogens is 3. The largest absolute Gasteiger partial charge is 0.197 e. The van der Waals surface area contributed by atoms with Crippen molar-refractivity contribution in [1.29, 1.82) is 0 Å². The van der Waals surface area contributed by atoms with Crippen molar-refractivity contribution >= 4 is 0 Å². The quantitative estimate of drug-likeness (QED) is 0.671. The van der Waals surface area contributed by atoms with E-state index in [1.165, 1.54) is 0 Å². The average Bonchev–Trinajstić information content (AvgIpc) is 2.15. The van der Waals surface area contributed by atoms with Gasteiger partial charge in [-0.2, -0.15) is 15.4 Å². The van der Waals surface area contributed by atoms with Gasteiger partial charge in [0, 0.05) is 0 Å². The highest BCUT2D eigenvalue weighted by atomic mass is 15.3. The molecule has 1 aromatic rings. The van der Waals surface area contributed by atoms with Gasteiger partial charge in [0.05, 0.1) is 11.4 Å². The van der Waals surface area contributed by atoms with Gasteiger partial charge in [0.15, 0.2) is 0 Å². The minimum absolute atomic E-state index is 0.656. The fourth-order valence-electron chi connectivity index (χ4n) is 0.886. The summed E-state index contributed by atoms with van der Waals surface area (Å²) < 4.78 is 0. The summed E-state index contributed by atoms with van der Waals surface area (Å²) in [6.45, 7) is 6.32. The first-order chi connectivity index (χ1) is 4.70. The predicted molar refractivity (Wildman–Crippen MR) is 39.7 cm³/mol. The van der Waals surface area contributed by atoms with Gasteiger partial charge >= 0.3 is 0 Å². The molecule has 56 valence electrons. The van der Waals surface area contributed by atoms with Crippen molar-refractivity contribution in [2.24, 2.45) is 5.92 Å². The van der Waals surface area contributed by atoms with Crippen LogP contribution in [0.5, 0.6) is 0 Å². The molecule has 0 aliphatic rings. The second kappa shape index (κ2) is 2.82. The lowest BCUT2D eigenvalue weighted by atomic mass is 10.1. The van der Waals surface area contributed by atoms with Crippen LogP contribution in [-0.4, -0.2) is 15.4 Å². The van der Waals surface area contributed by atoms with E-state index in [2.05, 4.69) is 29.3 Å². The van der Waals surface area contributed by atoms with E-state index in [0.29, 0.717) is 5.92 Å². The summed E-state index contributed by atoms with van der Waals surface area (Å²) in [6.07, 6.45) is 1.02. The van der Waals surface area contributed by atoms with E-state index < -0.39 is 0 Å². The van der Waals surface area contributed by atoms with Crippen LogP contribution in [0.4, 0.5) is 0 Å². The zero-order valence-electron chi connectivity index (χ0n) is 6.68. The second-order valence-corrected chi connectivity index (χ2v) is 2.95. The maximum absolute atomic E-state index is 4.02. The van der Waals surface area contributed by atoms with Gasteiger partial charge in [-0.1, -0.05) is 13.8 Å². The summed E-state index contributed by atoms with van der Waals surface area (Å²) in [5.41, 5.74) is 2.11. The Balaban J connectivity index is 2.65. The van der Waals surface area contributed by atoms with Crippen LogP contribution in [-0.2, 0) is 6.42 Å². The first-order valence-electron chi connectivity index (χ1n) is 3.56. The molecule has 0 spiro atoms. The van der Waals surface area contributed by atoms with E-state index in [1.807, 2.05) is 6.92 Å². The Morgan fingerprint density at radius 1 is 1.40 bits per heavy atom. The fraction of sp³-hybridized carbons (Fsp3) is 0.714. The highest BCUT2D eigenvalue weighted by molar-refractivity contribution is 5.05. The Morgan fingerprint density at radius 3 is 2.50 bits per heavy atom. The highest BCUT2D eigenvalue weighted by Crippen LogP contribution is 2.06. The van der Waals surface area contributed by atoms with Gasteiger partial charge in [-0.25, -0.2) is 0 Å². The van der Waals surface area contributed by atoms with E-state index >= 15 is 0 Å². The average molecular weight is 139 g/mol. The van der Waals surface area contributed by atoms with Crippen molar-refractivity contribution in [2.45, 2.75) is 27.2 Å². The molecule has 0 amide bonds. The zero-order chi connectivity index (χ0) is 7.56. The smallest absolute Gasteiger partial charge is 0.0856 e. The molecule has 0 atom stereocenters. The van der Waals surface area contributed by atoms with Crippen LogP contribution in [0, 0.1) is 12.8 Å². The van der Waals surface area contributed by atoms with Crippen molar-refractivity contribution in [3.63, 3.8) is 0 Å². The minimum Gasteiger partial charge on any atom is -0.197 e. The number of nitrogens with one attached hydrogen (secondary N) is 1. The van der Waals surface area contributed by atoms with Crippen molar-refractivity contribution in [3.8, 4) is 0 Å². The molecule has 0 saturated carbocycles. The van der Waals surface area contributed by atoms with Crippen LogP contribution in [0.1, 0.15) is 25.2 Å². The van der Waals surface area contributed by atoms with Gasteiger partial charge in [-0.15, -0.1) is 0 Å². The summed E-state index contributed by atoms with van der Waals surface area (Å²) in [5.74, 6) is 0.656. The first-order valence-corrected chi connectivity index (χ1v) is 3.56. The number of H-pyrrole nitrogens is 1. The molecule has 3 heteroatoms. The molecule has 0 saturated heterocycles. The monoisotopic (exact) mass is 139 g/mol. The number of nitrogens with zero attached hydrogens (tertiary/aromatic N) is 2. The fourth-order valence-corrected chi connectivity index (χ4v) is 0.886. The van der Waals surface area contributed by atoms with Crippen LogP contribution >= 0.6 is 0 Å². The summed E-state index contributed by atoms with van der Waals surface area (Å²) >= 11 is 0. The normalized spacial score (nSPS) is 10.8. The lowest BCUT2D eigenvalue weighted by Gasteiger charge is -1.99. The van der Waals surface area contributed by atoms with Gasteiger partial charge in [-0.3, -0.25) is 0 Å². The maximum Gasteiger partial charge on any atom is 0.0856 e. The van der Waals surface area contributed by atoms with E-state index in [4.69, 9.17) is 0 Å². The van der Waals surface area contributed by atoms with E-state index in [0.717, 1.165) is 17.8 Å². The van der Waals surface area contributed by atoms with Gasteiger partial charge < -0.3 is 0 Å². The van der Waals surface area contributed by atoms with Crippen molar-refractivity contribution < 1.29 is 0 Å². The van der Waals surface area contributed by atoms with Gasteiger partial charge in [0.2, 0.25) is 0 Å². The molecular weight excluding hydrogens is 126 g/mol. The summed E-state index contributed by atoms with van der Waals surface area (Å²) in [5, 5.41) is 10.6. The summed E-state index contributed by atoms with van der Waals surface area (Å²) in [4.78, 5) is 0. The molecule has 0 fully saturated rings. The highest BCUT2D eigenvalue weighted by Gasteiger charge is 2.03. The number of aromatic amines is 1. The van der Waals surface area contributed by atoms with Crippen LogP contribution in [0.3, 0.4) is 0 Å². The third-order valence-electron chi connectivity index (χ3n) is 1.42. The maximum atomic E-state index is 4.02. The number of rotatable bonds is 2. The molecule has 1 aromatic heterocycles. The third kappa shape index (κ3) is 1.56. The van der Waals surface area contributed by atoms with Crippen LogP contribution in [0.15, 0.2) is 0 Å². The lowest BCUT2D eigenvalue weighted by molar-refractivity contribution is 0.631. The van der Waals surface area contributed by atoms with Crippen LogP contribution < -0.4 is 0 Å². The molecule has 0 aliphatic carbocycles. The molecule has 0 aliphatic heterocycles. The molecule has 0 bridgehead atoms. The van der Waals surface area contributed by atoms with E-state index in [9.17, 15) is 0 Å². The number of aryl methyl sites for hydroxylation is 1. The van der Waals surface area contributed by atoms with Gasteiger partial charge in [0.25, 0.3) is 0 Å². The van der Waals surface area contributed by atoms with Crippen LogP contribution in [0.2, 0.25) is 0 Å². The number of hydrogen-bond acceptors (Lipinski definition) is 2. The SMILES string of the molecule is Cc1n[nH]nc1CC(C)C. The zero-order valence-corrected chi connectivity index (χ0v) is 6.68. The van der Waals surface area contributed by atoms with Crippen molar-refractivity contribution in [1.82, 2.24) is 15.4 Å². The van der Waals surface area contributed by atoms with Gasteiger partial charge in [-0.05, 0) is 19.3 Å². The Labute approximate surface area is 60.8 Å². The molecule has 0 unspecified atom stereocenters. The lowest BCUT2D eigenvalue weighted by Crippen LogP contribution is -1.96. The molecule has 0 aromatic carbocycles. The van der Waals surface area contributed by atoms with Gasteiger partial charge in [0.1, 0.15) is 0 Å². The summed E-state index contributed by atoms with van der Waals surface area (Å²) in [7, 11) is 0. The Bertz CT molecular complexity index is 202. The second-order valence-electron chi connectivity index (χ2n) is 2.95. The van der Waals surface area contributed by atoms with Crippen LogP contribution in [0.25, 0.3) is 0 Å². The predicted octanol–water partition coefficient (Wildman–Crippen LogP) is 1.31. The molecule has 10 heavy (non-hydrogen) atoms. The molecule has 1 rings (SSSR count). The molecule has 3 nitrogen and oxygen atoms in total. The first kappa shape index (κ1) is 7.25. The Kier molecular flexibility index (Phi) is 2.04. The topological polar surface area (TPSA) is 41.6 Å². The van der Waals surface area contributed by atoms with Crippen molar-refractivity contribution in [2.75, 3.05) is 0 Å². The molecule has 0 radical (unpaired) electrons. The van der Waals surface area contributed by atoms with E-state index in [-0.39, 0.29) is 0 Å².